The van der Waals surface area contributed by atoms with Gasteiger partial charge in [-0.15, -0.1) is 0 Å². The normalized spacial score (nSPS) is 11.1. The van der Waals surface area contributed by atoms with Crippen LogP contribution in [0.2, 0.25) is 0 Å². The predicted octanol–water partition coefficient (Wildman–Crippen LogP) is 3.02. The van der Waals surface area contributed by atoms with Gasteiger partial charge in [0.1, 0.15) is 5.76 Å². The van der Waals surface area contributed by atoms with E-state index in [9.17, 15) is 0 Å². The maximum Gasteiger partial charge on any atom is 0.122 e. The van der Waals surface area contributed by atoms with Gasteiger partial charge >= 0.3 is 0 Å². The van der Waals surface area contributed by atoms with Crippen LogP contribution in [-0.2, 0) is 19.6 Å². The Morgan fingerprint density at radius 3 is 2.58 bits per heavy atom. The average molecular weight is 258 g/mol. The standard InChI is InChI=1S/C16H22N2O/c1-3-18(12-14-7-5-4-6-8-14)13-16-15(11-17-2)9-10-19-16/h4-10,17H,3,11-13H2,1-2H3. The van der Waals surface area contributed by atoms with Crippen molar-refractivity contribution in [2.24, 2.45) is 0 Å². The van der Waals surface area contributed by atoms with Gasteiger partial charge < -0.3 is 9.73 Å². The summed E-state index contributed by atoms with van der Waals surface area (Å²) in [6.07, 6.45) is 1.78. The molecule has 0 radical (unpaired) electrons. The van der Waals surface area contributed by atoms with Crippen molar-refractivity contribution in [3.05, 3.63) is 59.5 Å². The highest BCUT2D eigenvalue weighted by atomic mass is 16.3. The molecule has 0 bridgehead atoms. The smallest absolute Gasteiger partial charge is 0.122 e. The van der Waals surface area contributed by atoms with Crippen LogP contribution in [0, 0.1) is 0 Å². The third-order valence-corrected chi connectivity index (χ3v) is 3.27. The van der Waals surface area contributed by atoms with Crippen molar-refractivity contribution in [3.63, 3.8) is 0 Å². The number of benzene rings is 1. The summed E-state index contributed by atoms with van der Waals surface area (Å²) in [6.45, 7) is 5.86. The lowest BCUT2D eigenvalue weighted by Crippen LogP contribution is -2.23. The molecule has 1 aromatic heterocycles. The lowest BCUT2D eigenvalue weighted by molar-refractivity contribution is 0.246. The van der Waals surface area contributed by atoms with Crippen LogP contribution in [0.3, 0.4) is 0 Å². The summed E-state index contributed by atoms with van der Waals surface area (Å²) in [5.41, 5.74) is 2.58. The molecule has 0 amide bonds. The summed E-state index contributed by atoms with van der Waals surface area (Å²) in [7, 11) is 1.96. The molecule has 0 aliphatic carbocycles. The SMILES string of the molecule is CCN(Cc1ccccc1)Cc1occc1CNC. The van der Waals surface area contributed by atoms with Crippen molar-refractivity contribution in [1.82, 2.24) is 10.2 Å². The first-order valence-electron chi connectivity index (χ1n) is 6.79. The monoisotopic (exact) mass is 258 g/mol. The molecule has 19 heavy (non-hydrogen) atoms. The first kappa shape index (κ1) is 13.8. The van der Waals surface area contributed by atoms with E-state index in [1.165, 1.54) is 11.1 Å². The zero-order chi connectivity index (χ0) is 13.5. The van der Waals surface area contributed by atoms with Crippen molar-refractivity contribution >= 4 is 0 Å². The Morgan fingerprint density at radius 1 is 1.11 bits per heavy atom. The zero-order valence-corrected chi connectivity index (χ0v) is 11.7. The van der Waals surface area contributed by atoms with Crippen LogP contribution in [0.25, 0.3) is 0 Å². The number of hydrogen-bond donors (Lipinski definition) is 1. The van der Waals surface area contributed by atoms with Crippen molar-refractivity contribution < 1.29 is 4.42 Å². The number of nitrogens with one attached hydrogen (secondary N) is 1. The molecule has 2 aromatic rings. The minimum Gasteiger partial charge on any atom is -0.468 e. The van der Waals surface area contributed by atoms with E-state index in [1.807, 2.05) is 13.1 Å². The summed E-state index contributed by atoms with van der Waals surface area (Å²) >= 11 is 0. The van der Waals surface area contributed by atoms with Crippen molar-refractivity contribution in [2.45, 2.75) is 26.6 Å². The van der Waals surface area contributed by atoms with Crippen LogP contribution in [0.15, 0.2) is 47.1 Å². The Hall–Kier alpha value is -1.58. The highest BCUT2D eigenvalue weighted by molar-refractivity contribution is 5.18. The summed E-state index contributed by atoms with van der Waals surface area (Å²) in [5.74, 6) is 1.06. The molecule has 0 atom stereocenters. The average Bonchev–Trinajstić information content (AvgIpc) is 2.87. The van der Waals surface area contributed by atoms with Crippen LogP contribution in [0.4, 0.5) is 0 Å². The lowest BCUT2D eigenvalue weighted by Gasteiger charge is -2.20. The van der Waals surface area contributed by atoms with Crippen molar-refractivity contribution in [3.8, 4) is 0 Å². The van der Waals surface area contributed by atoms with Gasteiger partial charge in [0.05, 0.1) is 12.8 Å². The summed E-state index contributed by atoms with van der Waals surface area (Å²) in [5, 5.41) is 3.17. The van der Waals surface area contributed by atoms with E-state index in [-0.39, 0.29) is 0 Å². The van der Waals surface area contributed by atoms with Crippen molar-refractivity contribution in [1.29, 1.82) is 0 Å². The lowest BCUT2D eigenvalue weighted by atomic mass is 10.2. The second kappa shape index (κ2) is 7.12. The molecule has 102 valence electrons. The number of furan rings is 1. The Labute approximate surface area is 115 Å². The molecule has 1 N–H and O–H groups in total. The summed E-state index contributed by atoms with van der Waals surface area (Å²) in [6, 6.07) is 12.6. The number of hydrogen-bond acceptors (Lipinski definition) is 3. The van der Waals surface area contributed by atoms with Crippen LogP contribution in [-0.4, -0.2) is 18.5 Å². The molecule has 0 unspecified atom stereocenters. The van der Waals surface area contributed by atoms with E-state index < -0.39 is 0 Å². The van der Waals surface area contributed by atoms with E-state index >= 15 is 0 Å². The van der Waals surface area contributed by atoms with Gasteiger partial charge in [0.2, 0.25) is 0 Å². The molecule has 0 spiro atoms. The first-order valence-corrected chi connectivity index (χ1v) is 6.79. The van der Waals surface area contributed by atoms with Gasteiger partial charge in [-0.2, -0.15) is 0 Å². The van der Waals surface area contributed by atoms with E-state index in [4.69, 9.17) is 4.42 Å². The quantitative estimate of drug-likeness (QED) is 0.827. The van der Waals surface area contributed by atoms with Gasteiger partial charge in [0.25, 0.3) is 0 Å². The fourth-order valence-corrected chi connectivity index (χ4v) is 2.18. The molecule has 0 aliphatic rings. The van der Waals surface area contributed by atoms with Gasteiger partial charge in [-0.25, -0.2) is 0 Å². The molecule has 3 heteroatoms. The highest BCUT2D eigenvalue weighted by Crippen LogP contribution is 2.15. The van der Waals surface area contributed by atoms with Gasteiger partial charge in [-0.05, 0) is 25.2 Å². The van der Waals surface area contributed by atoms with Crippen molar-refractivity contribution in [2.75, 3.05) is 13.6 Å². The van der Waals surface area contributed by atoms with Crippen LogP contribution < -0.4 is 5.32 Å². The third-order valence-electron chi connectivity index (χ3n) is 3.27. The topological polar surface area (TPSA) is 28.4 Å². The largest absolute Gasteiger partial charge is 0.468 e. The van der Waals surface area contributed by atoms with Gasteiger partial charge in [-0.1, -0.05) is 37.3 Å². The first-order chi connectivity index (χ1) is 9.33. The molecule has 0 aliphatic heterocycles. The van der Waals surface area contributed by atoms with E-state index in [1.54, 1.807) is 6.26 Å². The van der Waals surface area contributed by atoms with Crippen LogP contribution in [0.1, 0.15) is 23.8 Å². The second-order valence-corrected chi connectivity index (χ2v) is 4.69. The summed E-state index contributed by atoms with van der Waals surface area (Å²) in [4.78, 5) is 2.38. The van der Waals surface area contributed by atoms with Gasteiger partial charge in [0, 0.05) is 18.7 Å². The fraction of sp³-hybridized carbons (Fsp3) is 0.375. The minimum absolute atomic E-state index is 0.856. The Balaban J connectivity index is 2.00. The number of rotatable bonds is 7. The van der Waals surface area contributed by atoms with Gasteiger partial charge in [0.15, 0.2) is 0 Å². The Bertz CT molecular complexity index is 479. The molecular formula is C16H22N2O. The highest BCUT2D eigenvalue weighted by Gasteiger charge is 2.11. The molecule has 3 nitrogen and oxygen atoms in total. The molecule has 0 fully saturated rings. The third kappa shape index (κ3) is 3.94. The Kier molecular flexibility index (Phi) is 5.19. The molecule has 1 aromatic carbocycles. The van der Waals surface area contributed by atoms with E-state index in [2.05, 4.69) is 47.5 Å². The van der Waals surface area contributed by atoms with Crippen LogP contribution >= 0.6 is 0 Å². The maximum absolute atomic E-state index is 5.61. The maximum atomic E-state index is 5.61. The molecular weight excluding hydrogens is 236 g/mol. The number of nitrogens with zero attached hydrogens (tertiary/aromatic N) is 1. The van der Waals surface area contributed by atoms with Crippen LogP contribution in [0.5, 0.6) is 0 Å². The summed E-state index contributed by atoms with van der Waals surface area (Å²) < 4.78 is 5.61. The minimum atomic E-state index is 0.856. The predicted molar refractivity (Wildman–Crippen MR) is 77.7 cm³/mol. The molecule has 1 heterocycles. The van der Waals surface area contributed by atoms with E-state index in [0.717, 1.165) is 31.9 Å². The molecule has 0 saturated heterocycles. The van der Waals surface area contributed by atoms with Gasteiger partial charge in [-0.3, -0.25) is 4.90 Å². The fourth-order valence-electron chi connectivity index (χ4n) is 2.18. The van der Waals surface area contributed by atoms with E-state index in [0.29, 0.717) is 0 Å². The molecule has 2 rings (SSSR count). The molecule has 0 saturated carbocycles. The second-order valence-electron chi connectivity index (χ2n) is 4.69. The zero-order valence-electron chi connectivity index (χ0n) is 11.7. The Morgan fingerprint density at radius 2 is 1.89 bits per heavy atom.